The second-order valence-corrected chi connectivity index (χ2v) is 4.91. The summed E-state index contributed by atoms with van der Waals surface area (Å²) < 4.78 is 0. The smallest absolute Gasteiger partial charge is 0.0545 e. The SMILES string of the molecule is CCCCC(C)(CC)CC(O)CCC. The second-order valence-electron chi connectivity index (χ2n) is 4.91. The third kappa shape index (κ3) is 5.64. The fraction of sp³-hybridized carbons (Fsp3) is 1.00. The summed E-state index contributed by atoms with van der Waals surface area (Å²) in [5, 5.41) is 9.82. The molecule has 2 unspecified atom stereocenters. The molecule has 0 saturated carbocycles. The van der Waals surface area contributed by atoms with Crippen molar-refractivity contribution >= 4 is 0 Å². The van der Waals surface area contributed by atoms with Crippen molar-refractivity contribution in [2.24, 2.45) is 5.41 Å². The first-order valence-electron chi connectivity index (χ1n) is 6.26. The van der Waals surface area contributed by atoms with Crippen LogP contribution in [0.2, 0.25) is 0 Å². The Hall–Kier alpha value is -0.0400. The van der Waals surface area contributed by atoms with Crippen molar-refractivity contribution in [3.63, 3.8) is 0 Å². The Bertz CT molecular complexity index is 133. The average Bonchev–Trinajstić information content (AvgIpc) is 2.15. The Morgan fingerprint density at radius 2 is 1.79 bits per heavy atom. The maximum absolute atomic E-state index is 9.82. The predicted octanol–water partition coefficient (Wildman–Crippen LogP) is 4.14. The molecule has 0 aliphatic rings. The van der Waals surface area contributed by atoms with Crippen molar-refractivity contribution in [3.8, 4) is 0 Å². The zero-order valence-corrected chi connectivity index (χ0v) is 10.5. The fourth-order valence-corrected chi connectivity index (χ4v) is 2.03. The molecule has 0 aliphatic heterocycles. The van der Waals surface area contributed by atoms with Crippen LogP contribution in [-0.2, 0) is 0 Å². The van der Waals surface area contributed by atoms with Crippen LogP contribution in [0, 0.1) is 5.41 Å². The van der Waals surface area contributed by atoms with Gasteiger partial charge in [-0.2, -0.15) is 0 Å². The van der Waals surface area contributed by atoms with Gasteiger partial charge < -0.3 is 5.11 Å². The van der Waals surface area contributed by atoms with Gasteiger partial charge in [0, 0.05) is 0 Å². The van der Waals surface area contributed by atoms with E-state index in [9.17, 15) is 5.11 Å². The van der Waals surface area contributed by atoms with Crippen LogP contribution >= 0.6 is 0 Å². The molecule has 0 aliphatic carbocycles. The number of aliphatic hydroxyl groups is 1. The van der Waals surface area contributed by atoms with E-state index in [1.54, 1.807) is 0 Å². The fourth-order valence-electron chi connectivity index (χ4n) is 2.03. The minimum absolute atomic E-state index is 0.0817. The quantitative estimate of drug-likeness (QED) is 0.624. The zero-order valence-electron chi connectivity index (χ0n) is 10.5. The van der Waals surface area contributed by atoms with Crippen molar-refractivity contribution in [1.29, 1.82) is 0 Å². The van der Waals surface area contributed by atoms with Gasteiger partial charge in [-0.3, -0.25) is 0 Å². The Morgan fingerprint density at radius 1 is 1.14 bits per heavy atom. The van der Waals surface area contributed by atoms with Crippen molar-refractivity contribution < 1.29 is 5.11 Å². The zero-order chi connectivity index (χ0) is 11.0. The Kier molecular flexibility index (Phi) is 7.26. The monoisotopic (exact) mass is 200 g/mol. The average molecular weight is 200 g/mol. The van der Waals surface area contributed by atoms with E-state index in [1.165, 1.54) is 25.7 Å². The number of hydrogen-bond acceptors (Lipinski definition) is 1. The topological polar surface area (TPSA) is 20.2 Å². The highest BCUT2D eigenvalue weighted by Gasteiger charge is 2.24. The number of rotatable bonds is 8. The summed E-state index contributed by atoms with van der Waals surface area (Å²) in [5.41, 5.74) is 0.366. The second kappa shape index (κ2) is 7.28. The first kappa shape index (κ1) is 14.0. The summed E-state index contributed by atoms with van der Waals surface area (Å²) in [6.07, 6.45) is 7.96. The maximum atomic E-state index is 9.82. The van der Waals surface area contributed by atoms with Gasteiger partial charge in [-0.25, -0.2) is 0 Å². The van der Waals surface area contributed by atoms with Crippen LogP contribution in [0.25, 0.3) is 0 Å². The number of hydrogen-bond donors (Lipinski definition) is 1. The summed E-state index contributed by atoms with van der Waals surface area (Å²) in [6.45, 7) is 8.94. The lowest BCUT2D eigenvalue weighted by atomic mass is 9.77. The lowest BCUT2D eigenvalue weighted by molar-refractivity contribution is 0.0887. The van der Waals surface area contributed by atoms with E-state index in [4.69, 9.17) is 0 Å². The van der Waals surface area contributed by atoms with Crippen LogP contribution in [0.15, 0.2) is 0 Å². The van der Waals surface area contributed by atoms with E-state index >= 15 is 0 Å². The van der Waals surface area contributed by atoms with E-state index in [-0.39, 0.29) is 6.10 Å². The molecule has 0 aromatic heterocycles. The first-order valence-corrected chi connectivity index (χ1v) is 6.26. The maximum Gasteiger partial charge on any atom is 0.0545 e. The van der Waals surface area contributed by atoms with Crippen LogP contribution < -0.4 is 0 Å². The van der Waals surface area contributed by atoms with E-state index in [0.29, 0.717) is 5.41 Å². The summed E-state index contributed by atoms with van der Waals surface area (Å²) in [4.78, 5) is 0. The molecule has 1 nitrogen and oxygen atoms in total. The molecule has 14 heavy (non-hydrogen) atoms. The molecular weight excluding hydrogens is 172 g/mol. The molecule has 0 radical (unpaired) electrons. The molecule has 0 aromatic rings. The Labute approximate surface area is 89.9 Å². The highest BCUT2D eigenvalue weighted by molar-refractivity contribution is 4.76. The minimum atomic E-state index is -0.0817. The van der Waals surface area contributed by atoms with E-state index in [1.807, 2.05) is 0 Å². The standard InChI is InChI=1S/C13H28O/c1-5-8-10-13(4,7-3)11-12(14)9-6-2/h12,14H,5-11H2,1-4H3. The molecule has 0 saturated heterocycles. The van der Waals surface area contributed by atoms with Crippen LogP contribution in [0.4, 0.5) is 0 Å². The van der Waals surface area contributed by atoms with Crippen molar-refractivity contribution in [1.82, 2.24) is 0 Å². The van der Waals surface area contributed by atoms with E-state index in [0.717, 1.165) is 19.3 Å². The molecule has 0 spiro atoms. The van der Waals surface area contributed by atoms with Crippen molar-refractivity contribution in [2.45, 2.75) is 78.7 Å². The first-order chi connectivity index (χ1) is 6.58. The van der Waals surface area contributed by atoms with Gasteiger partial charge in [-0.15, -0.1) is 0 Å². The molecule has 0 amide bonds. The van der Waals surface area contributed by atoms with Gasteiger partial charge >= 0.3 is 0 Å². The molecule has 0 fully saturated rings. The van der Waals surface area contributed by atoms with Crippen molar-refractivity contribution in [2.75, 3.05) is 0 Å². The molecular formula is C13H28O. The Balaban J connectivity index is 3.96. The third-order valence-corrected chi connectivity index (χ3v) is 3.34. The largest absolute Gasteiger partial charge is 0.393 e. The Morgan fingerprint density at radius 3 is 2.21 bits per heavy atom. The van der Waals surface area contributed by atoms with Crippen LogP contribution in [0.3, 0.4) is 0 Å². The summed E-state index contributed by atoms with van der Waals surface area (Å²) >= 11 is 0. The highest BCUT2D eigenvalue weighted by Crippen LogP contribution is 2.34. The van der Waals surface area contributed by atoms with E-state index < -0.39 is 0 Å². The van der Waals surface area contributed by atoms with Gasteiger partial charge in [0.2, 0.25) is 0 Å². The molecule has 1 heteroatoms. The number of aliphatic hydroxyl groups excluding tert-OH is 1. The summed E-state index contributed by atoms with van der Waals surface area (Å²) in [6, 6.07) is 0. The van der Waals surface area contributed by atoms with Crippen LogP contribution in [-0.4, -0.2) is 11.2 Å². The van der Waals surface area contributed by atoms with Crippen molar-refractivity contribution in [3.05, 3.63) is 0 Å². The normalized spacial score (nSPS) is 17.8. The van der Waals surface area contributed by atoms with E-state index in [2.05, 4.69) is 27.7 Å². The molecule has 86 valence electrons. The van der Waals surface area contributed by atoms with Crippen LogP contribution in [0.5, 0.6) is 0 Å². The van der Waals surface area contributed by atoms with Gasteiger partial charge in [-0.05, 0) is 24.7 Å². The summed E-state index contributed by atoms with van der Waals surface area (Å²) in [7, 11) is 0. The third-order valence-electron chi connectivity index (χ3n) is 3.34. The molecule has 2 atom stereocenters. The lowest BCUT2D eigenvalue weighted by Crippen LogP contribution is -2.23. The van der Waals surface area contributed by atoms with Gasteiger partial charge in [0.1, 0.15) is 0 Å². The molecule has 0 heterocycles. The summed E-state index contributed by atoms with van der Waals surface area (Å²) in [5.74, 6) is 0. The van der Waals surface area contributed by atoms with Gasteiger partial charge in [-0.1, -0.05) is 53.4 Å². The molecule has 1 N–H and O–H groups in total. The molecule has 0 aromatic carbocycles. The molecule has 0 bridgehead atoms. The lowest BCUT2D eigenvalue weighted by Gasteiger charge is -2.30. The molecule has 0 rings (SSSR count). The van der Waals surface area contributed by atoms with Gasteiger partial charge in [0.05, 0.1) is 6.10 Å². The van der Waals surface area contributed by atoms with Gasteiger partial charge in [0.15, 0.2) is 0 Å². The van der Waals surface area contributed by atoms with Crippen LogP contribution in [0.1, 0.15) is 72.6 Å². The highest BCUT2D eigenvalue weighted by atomic mass is 16.3. The predicted molar refractivity (Wildman–Crippen MR) is 63.5 cm³/mol. The van der Waals surface area contributed by atoms with Gasteiger partial charge in [0.25, 0.3) is 0 Å². The number of unbranched alkanes of at least 4 members (excludes halogenated alkanes) is 1. The minimum Gasteiger partial charge on any atom is -0.393 e.